The molecule has 1 heterocycles. The van der Waals surface area contributed by atoms with Gasteiger partial charge in [0.1, 0.15) is 4.90 Å². The molecule has 2 aromatic rings. The molecule has 0 aliphatic carbocycles. The van der Waals surface area contributed by atoms with E-state index in [1.807, 2.05) is 18.2 Å². The Kier molecular flexibility index (Phi) is 4.10. The number of hydrogen-bond donors (Lipinski definition) is 0. The van der Waals surface area contributed by atoms with Crippen molar-refractivity contribution in [3.05, 3.63) is 52.5 Å². The van der Waals surface area contributed by atoms with Gasteiger partial charge in [-0.2, -0.15) is 0 Å². The van der Waals surface area contributed by atoms with Crippen LogP contribution in [0.3, 0.4) is 0 Å². The van der Waals surface area contributed by atoms with E-state index < -0.39 is 10.0 Å². The summed E-state index contributed by atoms with van der Waals surface area (Å²) in [5, 5.41) is 0.298. The topological polar surface area (TPSA) is 37.4 Å². The molecule has 0 fully saturated rings. The average Bonchev–Trinajstić information content (AvgIpc) is 2.49. The maximum atomic E-state index is 12.9. The van der Waals surface area contributed by atoms with Gasteiger partial charge >= 0.3 is 0 Å². The summed E-state index contributed by atoms with van der Waals surface area (Å²) in [6.07, 6.45) is 0. The summed E-state index contributed by atoms with van der Waals surface area (Å²) in [6.45, 7) is 0.410. The first-order valence-corrected chi connectivity index (χ1v) is 9.38. The SMILES string of the molecule is O=S(=O)(c1cccc(Cl)c1Cl)N1CCSc2ccccc21. The molecule has 21 heavy (non-hydrogen) atoms. The maximum Gasteiger partial charge on any atom is 0.265 e. The van der Waals surface area contributed by atoms with Crippen LogP contribution in [-0.4, -0.2) is 20.7 Å². The molecule has 7 heteroatoms. The molecule has 0 atom stereocenters. The molecule has 3 nitrogen and oxygen atoms in total. The summed E-state index contributed by atoms with van der Waals surface area (Å²) in [5.74, 6) is 0.703. The smallest absolute Gasteiger partial charge is 0.264 e. The number of thioether (sulfide) groups is 1. The van der Waals surface area contributed by atoms with Crippen LogP contribution in [-0.2, 0) is 10.0 Å². The Balaban J connectivity index is 2.14. The quantitative estimate of drug-likeness (QED) is 0.802. The van der Waals surface area contributed by atoms with Crippen molar-refractivity contribution >= 4 is 50.7 Å². The van der Waals surface area contributed by atoms with Crippen LogP contribution in [0, 0.1) is 0 Å². The Morgan fingerprint density at radius 1 is 1.05 bits per heavy atom. The lowest BCUT2D eigenvalue weighted by Gasteiger charge is -2.30. The highest BCUT2D eigenvalue weighted by Gasteiger charge is 2.31. The number of hydrogen-bond acceptors (Lipinski definition) is 3. The summed E-state index contributed by atoms with van der Waals surface area (Å²) >= 11 is 13.7. The monoisotopic (exact) mass is 359 g/mol. The molecule has 1 aliphatic rings. The largest absolute Gasteiger partial charge is 0.265 e. The standard InChI is InChI=1S/C14H11Cl2NO2S2/c15-10-4-3-7-13(14(10)16)21(18,19)17-8-9-20-12-6-2-1-5-11(12)17/h1-7H,8-9H2. The number of nitrogens with zero attached hydrogens (tertiary/aromatic N) is 1. The first kappa shape index (κ1) is 15.0. The van der Waals surface area contributed by atoms with E-state index in [2.05, 4.69) is 0 Å². The van der Waals surface area contributed by atoms with Gasteiger partial charge in [0.15, 0.2) is 0 Å². The number of anilines is 1. The zero-order valence-corrected chi connectivity index (χ0v) is 13.9. The third-order valence-electron chi connectivity index (χ3n) is 3.17. The fraction of sp³-hybridized carbons (Fsp3) is 0.143. The minimum absolute atomic E-state index is 0.0402. The van der Waals surface area contributed by atoms with E-state index in [4.69, 9.17) is 23.2 Å². The fourth-order valence-electron chi connectivity index (χ4n) is 2.20. The molecular formula is C14H11Cl2NO2S2. The van der Waals surface area contributed by atoms with Crippen molar-refractivity contribution in [1.82, 2.24) is 0 Å². The van der Waals surface area contributed by atoms with Crippen molar-refractivity contribution in [1.29, 1.82) is 0 Å². The molecule has 1 aliphatic heterocycles. The Hall–Kier alpha value is -0.880. The molecule has 0 amide bonds. The highest BCUT2D eigenvalue weighted by Crippen LogP contribution is 2.39. The second kappa shape index (κ2) is 5.72. The molecular weight excluding hydrogens is 349 g/mol. The van der Waals surface area contributed by atoms with Gasteiger partial charge < -0.3 is 0 Å². The van der Waals surface area contributed by atoms with Crippen molar-refractivity contribution in [3.63, 3.8) is 0 Å². The summed E-state index contributed by atoms with van der Waals surface area (Å²) < 4.78 is 27.2. The van der Waals surface area contributed by atoms with Gasteiger partial charge in [-0.05, 0) is 24.3 Å². The molecule has 0 aromatic heterocycles. The van der Waals surface area contributed by atoms with Gasteiger partial charge in [-0.15, -0.1) is 11.8 Å². The number of halogens is 2. The third kappa shape index (κ3) is 2.63. The minimum Gasteiger partial charge on any atom is -0.264 e. The molecule has 0 N–H and O–H groups in total. The van der Waals surface area contributed by atoms with Crippen LogP contribution in [0.25, 0.3) is 0 Å². The van der Waals surface area contributed by atoms with Gasteiger partial charge in [0, 0.05) is 17.2 Å². The first-order chi connectivity index (χ1) is 10.0. The van der Waals surface area contributed by atoms with Gasteiger partial charge in [0.05, 0.1) is 15.7 Å². The molecule has 0 bridgehead atoms. The molecule has 0 radical (unpaired) electrons. The van der Waals surface area contributed by atoms with E-state index in [-0.39, 0.29) is 14.9 Å². The molecule has 0 saturated carbocycles. The summed E-state index contributed by atoms with van der Waals surface area (Å²) in [5.41, 5.74) is 0.685. The lowest BCUT2D eigenvalue weighted by Crippen LogP contribution is -2.35. The van der Waals surface area contributed by atoms with Crippen molar-refractivity contribution in [2.75, 3.05) is 16.6 Å². The zero-order valence-electron chi connectivity index (χ0n) is 10.8. The lowest BCUT2D eigenvalue weighted by atomic mass is 10.3. The third-order valence-corrected chi connectivity index (χ3v) is 7.00. The van der Waals surface area contributed by atoms with Gasteiger partial charge in [-0.1, -0.05) is 41.4 Å². The van der Waals surface area contributed by atoms with Crippen LogP contribution in [0.2, 0.25) is 10.0 Å². The van der Waals surface area contributed by atoms with Crippen molar-refractivity contribution in [3.8, 4) is 0 Å². The van der Waals surface area contributed by atoms with E-state index in [0.29, 0.717) is 18.0 Å². The van der Waals surface area contributed by atoms with Crippen LogP contribution >= 0.6 is 35.0 Å². The number of fused-ring (bicyclic) bond motifs is 1. The van der Waals surface area contributed by atoms with Gasteiger partial charge in [0.2, 0.25) is 0 Å². The van der Waals surface area contributed by atoms with Crippen LogP contribution in [0.15, 0.2) is 52.3 Å². The number of benzene rings is 2. The predicted molar refractivity (Wildman–Crippen MR) is 88.2 cm³/mol. The molecule has 3 rings (SSSR count). The number of rotatable bonds is 2. The van der Waals surface area contributed by atoms with Crippen molar-refractivity contribution < 1.29 is 8.42 Å². The second-order valence-electron chi connectivity index (χ2n) is 4.45. The van der Waals surface area contributed by atoms with Gasteiger partial charge in [0.25, 0.3) is 10.0 Å². The van der Waals surface area contributed by atoms with Crippen LogP contribution in [0.5, 0.6) is 0 Å². The molecule has 0 unspecified atom stereocenters. The Morgan fingerprint density at radius 3 is 2.62 bits per heavy atom. The van der Waals surface area contributed by atoms with E-state index >= 15 is 0 Å². The van der Waals surface area contributed by atoms with E-state index in [1.54, 1.807) is 30.0 Å². The van der Waals surface area contributed by atoms with Gasteiger partial charge in [-0.25, -0.2) is 8.42 Å². The fourth-order valence-corrected chi connectivity index (χ4v) is 5.59. The Morgan fingerprint density at radius 2 is 1.81 bits per heavy atom. The van der Waals surface area contributed by atoms with Crippen LogP contribution in [0.4, 0.5) is 5.69 Å². The Labute approximate surface area is 137 Å². The van der Waals surface area contributed by atoms with E-state index in [9.17, 15) is 8.42 Å². The highest BCUT2D eigenvalue weighted by molar-refractivity contribution is 8.00. The predicted octanol–water partition coefficient (Wildman–Crippen LogP) is 4.29. The molecule has 2 aromatic carbocycles. The van der Waals surface area contributed by atoms with Crippen molar-refractivity contribution in [2.45, 2.75) is 9.79 Å². The maximum absolute atomic E-state index is 12.9. The lowest BCUT2D eigenvalue weighted by molar-refractivity contribution is 0.591. The van der Waals surface area contributed by atoms with Crippen LogP contribution < -0.4 is 4.31 Å². The van der Waals surface area contributed by atoms with E-state index in [0.717, 1.165) is 4.90 Å². The molecule has 0 saturated heterocycles. The van der Waals surface area contributed by atoms with Crippen molar-refractivity contribution in [2.24, 2.45) is 0 Å². The molecule has 110 valence electrons. The average molecular weight is 360 g/mol. The number of sulfonamides is 1. The highest BCUT2D eigenvalue weighted by atomic mass is 35.5. The Bertz CT molecular complexity index is 793. The number of para-hydroxylation sites is 1. The second-order valence-corrected chi connectivity index (χ2v) is 8.20. The normalized spacial score (nSPS) is 14.9. The molecule has 0 spiro atoms. The van der Waals surface area contributed by atoms with E-state index in [1.165, 1.54) is 10.4 Å². The summed E-state index contributed by atoms with van der Waals surface area (Å²) in [4.78, 5) is 0.990. The first-order valence-electron chi connectivity index (χ1n) is 6.20. The summed E-state index contributed by atoms with van der Waals surface area (Å²) in [6, 6.07) is 12.1. The summed E-state index contributed by atoms with van der Waals surface area (Å²) in [7, 11) is -3.72. The van der Waals surface area contributed by atoms with Crippen LogP contribution in [0.1, 0.15) is 0 Å². The zero-order chi connectivity index (χ0) is 15.0. The minimum atomic E-state index is -3.72. The van der Waals surface area contributed by atoms with Gasteiger partial charge in [-0.3, -0.25) is 4.31 Å².